The van der Waals surface area contributed by atoms with Gasteiger partial charge in [-0.3, -0.25) is 9.89 Å². The van der Waals surface area contributed by atoms with Crippen LogP contribution in [0.3, 0.4) is 0 Å². The van der Waals surface area contributed by atoms with Crippen molar-refractivity contribution < 1.29 is 9.47 Å². The lowest BCUT2D eigenvalue weighted by Gasteiger charge is -2.26. The highest BCUT2D eigenvalue weighted by molar-refractivity contribution is 6.30. The van der Waals surface area contributed by atoms with Crippen LogP contribution in [0.2, 0.25) is 5.02 Å². The van der Waals surface area contributed by atoms with Gasteiger partial charge in [-0.1, -0.05) is 23.7 Å². The maximum atomic E-state index is 6.02. The maximum Gasteiger partial charge on any atom is 0.188 e. The van der Waals surface area contributed by atoms with Crippen LogP contribution < -0.4 is 11.1 Å². The Morgan fingerprint density at radius 2 is 2.25 bits per heavy atom. The van der Waals surface area contributed by atoms with Gasteiger partial charge in [-0.15, -0.1) is 0 Å². The van der Waals surface area contributed by atoms with Crippen molar-refractivity contribution in [2.45, 2.75) is 12.5 Å². The minimum absolute atomic E-state index is 0.155. The minimum atomic E-state index is -0.155. The second-order valence-electron chi connectivity index (χ2n) is 5.74. The molecule has 1 fully saturated rings. The number of aliphatic imine (C=N–C) groups is 1. The van der Waals surface area contributed by atoms with E-state index in [0.717, 1.165) is 51.4 Å². The summed E-state index contributed by atoms with van der Waals surface area (Å²) in [6.45, 7) is 6.00. The molecule has 3 N–H and O–H groups in total. The Hall–Kier alpha value is -1.34. The van der Waals surface area contributed by atoms with Crippen molar-refractivity contribution in [3.63, 3.8) is 0 Å². The van der Waals surface area contributed by atoms with Crippen molar-refractivity contribution in [1.82, 2.24) is 10.2 Å². The minimum Gasteiger partial charge on any atom is -0.379 e. The molecule has 0 aromatic heterocycles. The summed E-state index contributed by atoms with van der Waals surface area (Å²) in [5.74, 6) is 0.445. The fourth-order valence-electron chi connectivity index (χ4n) is 2.60. The lowest BCUT2D eigenvalue weighted by atomic mass is 10.1. The van der Waals surface area contributed by atoms with Crippen molar-refractivity contribution in [2.24, 2.45) is 10.7 Å². The monoisotopic (exact) mass is 354 g/mol. The fraction of sp³-hybridized carbons (Fsp3) is 0.588. The van der Waals surface area contributed by atoms with E-state index in [2.05, 4.69) is 15.2 Å². The van der Waals surface area contributed by atoms with Crippen molar-refractivity contribution in [3.8, 4) is 0 Å². The van der Waals surface area contributed by atoms with Gasteiger partial charge < -0.3 is 20.5 Å². The summed E-state index contributed by atoms with van der Waals surface area (Å²) in [4.78, 5) is 6.77. The van der Waals surface area contributed by atoms with Crippen LogP contribution in [0.1, 0.15) is 18.1 Å². The molecule has 0 spiro atoms. The number of rotatable bonds is 8. The number of halogens is 1. The molecular weight excluding hydrogens is 328 g/mol. The fourth-order valence-corrected chi connectivity index (χ4v) is 2.80. The molecule has 134 valence electrons. The van der Waals surface area contributed by atoms with Crippen LogP contribution in [0.25, 0.3) is 0 Å². The predicted octanol–water partition coefficient (Wildman–Crippen LogP) is 1.65. The molecule has 1 aromatic carbocycles. The van der Waals surface area contributed by atoms with Crippen LogP contribution in [0.5, 0.6) is 0 Å². The molecule has 7 heteroatoms. The van der Waals surface area contributed by atoms with Crippen molar-refractivity contribution in [1.29, 1.82) is 0 Å². The van der Waals surface area contributed by atoms with E-state index in [1.54, 1.807) is 7.11 Å². The van der Waals surface area contributed by atoms with E-state index in [4.69, 9.17) is 26.8 Å². The van der Waals surface area contributed by atoms with Gasteiger partial charge in [0, 0.05) is 31.8 Å². The highest BCUT2D eigenvalue weighted by Gasteiger charge is 2.11. The molecule has 1 aliphatic rings. The summed E-state index contributed by atoms with van der Waals surface area (Å²) < 4.78 is 10.8. The number of guanidine groups is 1. The second-order valence-corrected chi connectivity index (χ2v) is 6.18. The molecule has 2 rings (SSSR count). The topological polar surface area (TPSA) is 72.1 Å². The number of nitrogens with two attached hydrogens (primary N) is 1. The van der Waals surface area contributed by atoms with Gasteiger partial charge in [0.15, 0.2) is 5.96 Å². The Bertz CT molecular complexity index is 521. The van der Waals surface area contributed by atoms with E-state index in [0.29, 0.717) is 17.5 Å². The van der Waals surface area contributed by atoms with Crippen LogP contribution in [0.15, 0.2) is 29.3 Å². The second kappa shape index (κ2) is 10.5. The maximum absolute atomic E-state index is 6.02. The van der Waals surface area contributed by atoms with Gasteiger partial charge >= 0.3 is 0 Å². The first-order valence-electron chi connectivity index (χ1n) is 8.31. The number of ether oxygens (including phenoxy) is 2. The zero-order valence-electron chi connectivity index (χ0n) is 14.2. The number of morpholine rings is 1. The van der Waals surface area contributed by atoms with Gasteiger partial charge in [-0.25, -0.2) is 0 Å². The van der Waals surface area contributed by atoms with Gasteiger partial charge in [-0.2, -0.15) is 0 Å². The summed E-state index contributed by atoms with van der Waals surface area (Å²) in [5.41, 5.74) is 6.92. The van der Waals surface area contributed by atoms with Crippen LogP contribution in [0, 0.1) is 0 Å². The molecule has 1 aliphatic heterocycles. The Kier molecular flexibility index (Phi) is 8.32. The Balaban J connectivity index is 1.69. The summed E-state index contributed by atoms with van der Waals surface area (Å²) in [6, 6.07) is 7.60. The number of benzene rings is 1. The SMILES string of the molecule is COC(CN=C(N)NCCCN1CCOCC1)c1cccc(Cl)c1. The van der Waals surface area contributed by atoms with Gasteiger partial charge in [0.25, 0.3) is 0 Å². The average molecular weight is 355 g/mol. The third-order valence-electron chi connectivity index (χ3n) is 3.99. The van der Waals surface area contributed by atoms with Crippen molar-refractivity contribution in [2.75, 3.05) is 53.0 Å². The van der Waals surface area contributed by atoms with Gasteiger partial charge in [0.05, 0.1) is 19.8 Å². The first-order valence-corrected chi connectivity index (χ1v) is 8.69. The largest absolute Gasteiger partial charge is 0.379 e. The number of nitrogens with one attached hydrogen (secondary N) is 1. The molecule has 0 saturated carbocycles. The van der Waals surface area contributed by atoms with Crippen LogP contribution in [-0.4, -0.2) is 63.9 Å². The normalized spacial score (nSPS) is 17.7. The van der Waals surface area contributed by atoms with Gasteiger partial charge in [0.2, 0.25) is 0 Å². The first kappa shape index (κ1) is 19.0. The zero-order valence-corrected chi connectivity index (χ0v) is 15.0. The van der Waals surface area contributed by atoms with Crippen LogP contribution >= 0.6 is 11.6 Å². The van der Waals surface area contributed by atoms with Crippen molar-refractivity contribution in [3.05, 3.63) is 34.9 Å². The molecule has 1 aromatic rings. The zero-order chi connectivity index (χ0) is 17.2. The number of hydrogen-bond donors (Lipinski definition) is 2. The number of methoxy groups -OCH3 is 1. The molecule has 6 nitrogen and oxygen atoms in total. The lowest BCUT2D eigenvalue weighted by Crippen LogP contribution is -2.39. The quantitative estimate of drug-likeness (QED) is 0.422. The van der Waals surface area contributed by atoms with E-state index in [9.17, 15) is 0 Å². The highest BCUT2D eigenvalue weighted by atomic mass is 35.5. The summed E-state index contributed by atoms with van der Waals surface area (Å²) in [6.07, 6.45) is 0.871. The Labute approximate surface area is 149 Å². The van der Waals surface area contributed by atoms with E-state index < -0.39 is 0 Å². The van der Waals surface area contributed by atoms with Crippen molar-refractivity contribution >= 4 is 17.6 Å². The molecular formula is C17H27ClN4O2. The molecule has 1 unspecified atom stereocenters. The van der Waals surface area contributed by atoms with E-state index in [-0.39, 0.29) is 6.10 Å². The van der Waals surface area contributed by atoms with Crippen LogP contribution in [-0.2, 0) is 9.47 Å². The Morgan fingerprint density at radius 3 is 2.96 bits per heavy atom. The molecule has 0 aliphatic carbocycles. The molecule has 1 atom stereocenters. The first-order chi connectivity index (χ1) is 11.7. The molecule has 0 radical (unpaired) electrons. The smallest absolute Gasteiger partial charge is 0.188 e. The number of hydrogen-bond acceptors (Lipinski definition) is 4. The third kappa shape index (κ3) is 6.65. The predicted molar refractivity (Wildman–Crippen MR) is 97.6 cm³/mol. The Morgan fingerprint density at radius 1 is 1.46 bits per heavy atom. The standard InChI is InChI=1S/C17H27ClN4O2/c1-23-16(14-4-2-5-15(18)12-14)13-21-17(19)20-6-3-7-22-8-10-24-11-9-22/h2,4-5,12,16H,3,6-11,13H2,1H3,(H3,19,20,21). The van der Waals surface area contributed by atoms with E-state index >= 15 is 0 Å². The number of nitrogens with zero attached hydrogens (tertiary/aromatic N) is 2. The third-order valence-corrected chi connectivity index (χ3v) is 4.23. The molecule has 1 saturated heterocycles. The van der Waals surface area contributed by atoms with E-state index in [1.807, 2.05) is 24.3 Å². The van der Waals surface area contributed by atoms with Crippen LogP contribution in [0.4, 0.5) is 0 Å². The van der Waals surface area contributed by atoms with Gasteiger partial charge in [-0.05, 0) is 30.7 Å². The molecule has 1 heterocycles. The summed E-state index contributed by atoms with van der Waals surface area (Å²) >= 11 is 6.02. The van der Waals surface area contributed by atoms with E-state index in [1.165, 1.54) is 0 Å². The average Bonchev–Trinajstić information content (AvgIpc) is 2.60. The molecule has 0 bridgehead atoms. The molecule has 24 heavy (non-hydrogen) atoms. The van der Waals surface area contributed by atoms with Gasteiger partial charge in [0.1, 0.15) is 6.10 Å². The summed E-state index contributed by atoms with van der Waals surface area (Å²) in [7, 11) is 1.66. The summed E-state index contributed by atoms with van der Waals surface area (Å²) in [5, 5.41) is 3.84. The highest BCUT2D eigenvalue weighted by Crippen LogP contribution is 2.20. The molecule has 0 amide bonds. The lowest BCUT2D eigenvalue weighted by molar-refractivity contribution is 0.0376.